The van der Waals surface area contributed by atoms with Gasteiger partial charge in [-0.1, -0.05) is 338 Å². The number of unbranched alkanes of at least 4 members (excludes halogenated alkanes) is 46. The summed E-state index contributed by atoms with van der Waals surface area (Å²) >= 11 is 0. The van der Waals surface area contributed by atoms with E-state index in [1.807, 2.05) is 6.08 Å². The number of hydrogen-bond donors (Lipinski definition) is 6. The van der Waals surface area contributed by atoms with Gasteiger partial charge in [0.05, 0.1) is 25.4 Å². The molecule has 1 aliphatic rings. The van der Waals surface area contributed by atoms with Gasteiger partial charge in [0.15, 0.2) is 12.4 Å². The average molecular weight is 1280 g/mol. The van der Waals surface area contributed by atoms with Gasteiger partial charge >= 0.3 is 5.97 Å². The lowest BCUT2D eigenvalue weighted by atomic mass is 9.99. The number of nitrogens with one attached hydrogen (secondary N) is 1. The van der Waals surface area contributed by atoms with E-state index in [1.54, 1.807) is 6.08 Å². The molecule has 0 aromatic rings. The van der Waals surface area contributed by atoms with E-state index >= 15 is 0 Å². The Morgan fingerprint density at radius 1 is 0.429 bits per heavy atom. The van der Waals surface area contributed by atoms with Crippen molar-refractivity contribution in [2.45, 2.75) is 423 Å². The second kappa shape index (κ2) is 67.3. The summed E-state index contributed by atoms with van der Waals surface area (Å²) in [5, 5.41) is 57.4. The minimum absolute atomic E-state index is 0.125. The smallest absolute Gasteiger partial charge is 0.306 e. The highest BCUT2D eigenvalue weighted by Crippen LogP contribution is 2.27. The molecule has 1 aliphatic heterocycles. The van der Waals surface area contributed by atoms with Crippen molar-refractivity contribution in [3.05, 3.63) is 60.8 Å². The largest absolute Gasteiger partial charge is 0.454 e. The van der Waals surface area contributed by atoms with Crippen LogP contribution in [0.1, 0.15) is 374 Å². The van der Waals surface area contributed by atoms with Gasteiger partial charge in [0, 0.05) is 6.42 Å². The third-order valence-electron chi connectivity index (χ3n) is 18.4. The number of carbonyl (C=O) groups is 2. The zero-order valence-corrected chi connectivity index (χ0v) is 59.5. The molecule has 0 spiro atoms. The normalized spacial score (nSPS) is 18.3. The second-order valence-electron chi connectivity index (χ2n) is 27.1. The fourth-order valence-corrected chi connectivity index (χ4v) is 12.2. The van der Waals surface area contributed by atoms with Crippen molar-refractivity contribution in [1.29, 1.82) is 0 Å². The molecule has 8 unspecified atom stereocenters. The first-order chi connectivity index (χ1) is 44.7. The van der Waals surface area contributed by atoms with Crippen molar-refractivity contribution in [3.63, 3.8) is 0 Å². The van der Waals surface area contributed by atoms with E-state index < -0.39 is 67.4 Å². The van der Waals surface area contributed by atoms with Crippen LogP contribution in [-0.4, -0.2) is 99.6 Å². The van der Waals surface area contributed by atoms with Crippen LogP contribution in [-0.2, 0) is 23.8 Å². The third kappa shape index (κ3) is 54.2. The van der Waals surface area contributed by atoms with Crippen LogP contribution in [0.25, 0.3) is 0 Å². The zero-order valence-electron chi connectivity index (χ0n) is 59.5. The number of rotatable bonds is 68. The molecule has 0 aromatic carbocycles. The molecule has 0 radical (unpaired) electrons. The Labute approximate surface area is 560 Å². The van der Waals surface area contributed by atoms with E-state index in [0.29, 0.717) is 19.3 Å². The summed E-state index contributed by atoms with van der Waals surface area (Å²) in [4.78, 5) is 26.7. The topological polar surface area (TPSA) is 175 Å². The zero-order chi connectivity index (χ0) is 66.0. The van der Waals surface area contributed by atoms with Crippen LogP contribution in [0, 0.1) is 0 Å². The van der Waals surface area contributed by atoms with Crippen LogP contribution in [0.3, 0.4) is 0 Å². The van der Waals surface area contributed by atoms with E-state index in [4.69, 9.17) is 14.2 Å². The second-order valence-corrected chi connectivity index (χ2v) is 27.1. The lowest BCUT2D eigenvalue weighted by Crippen LogP contribution is -2.61. The van der Waals surface area contributed by atoms with Gasteiger partial charge in [0.1, 0.15) is 24.4 Å². The number of aliphatic hydroxyl groups excluding tert-OH is 5. The molecule has 6 N–H and O–H groups in total. The third-order valence-corrected chi connectivity index (χ3v) is 18.4. The molecule has 0 bridgehead atoms. The number of esters is 1. The lowest BCUT2D eigenvalue weighted by molar-refractivity contribution is -0.305. The highest BCUT2D eigenvalue weighted by atomic mass is 16.7. The first-order valence-electron chi connectivity index (χ1n) is 39.1. The lowest BCUT2D eigenvalue weighted by Gasteiger charge is -2.41. The predicted molar refractivity (Wildman–Crippen MR) is 384 cm³/mol. The molecule has 11 nitrogen and oxygen atoms in total. The molecule has 91 heavy (non-hydrogen) atoms. The summed E-state index contributed by atoms with van der Waals surface area (Å²) in [5.41, 5.74) is 0. The summed E-state index contributed by atoms with van der Waals surface area (Å²) in [5.74, 6) is -1.18. The van der Waals surface area contributed by atoms with E-state index in [1.165, 1.54) is 257 Å². The fourth-order valence-electron chi connectivity index (χ4n) is 12.2. The standard InChI is InChI=1S/C80H147NO10/c1-4-7-10-13-16-19-22-24-26-28-30-32-34-36-38-39-41-43-45-47-49-52-55-58-61-64-67-73(84)79(88)81-71(72(83)66-63-60-57-54-51-21-18-15-12-9-6-3)70-89-80-78(77(87)76(86)74(69-82)90-80)91-75(85)68-65-62-59-56-53-50-48-46-44-42-40-37-35-33-31-29-27-25-23-20-17-14-11-8-5-2/h16-17,19-20,24-27,63,66,71-74,76-78,80,82-84,86-87H,4-15,18,21-23,28-62,64-65,67-70H2,1-3H3,(H,81,88)/b19-16-,20-17-,26-24-,27-25-,66-63+. The first kappa shape index (κ1) is 86.4. The molecule has 1 heterocycles. The maximum Gasteiger partial charge on any atom is 0.306 e. The Morgan fingerprint density at radius 3 is 1.14 bits per heavy atom. The Bertz CT molecular complexity index is 1720. The van der Waals surface area contributed by atoms with E-state index in [0.717, 1.165) is 70.6 Å². The van der Waals surface area contributed by atoms with Gasteiger partial charge < -0.3 is 45.1 Å². The molecule has 0 saturated carbocycles. The predicted octanol–water partition coefficient (Wildman–Crippen LogP) is 20.9. The molecule has 1 amide bonds. The molecule has 1 saturated heterocycles. The Morgan fingerprint density at radius 2 is 0.758 bits per heavy atom. The van der Waals surface area contributed by atoms with Crippen molar-refractivity contribution in [3.8, 4) is 0 Å². The van der Waals surface area contributed by atoms with Gasteiger partial charge in [0.2, 0.25) is 5.91 Å². The number of hydrogen-bond acceptors (Lipinski definition) is 10. The molecule has 0 aromatic heterocycles. The summed E-state index contributed by atoms with van der Waals surface area (Å²) in [6, 6.07) is -1.02. The minimum atomic E-state index is -1.61. The number of ether oxygens (including phenoxy) is 3. The fraction of sp³-hybridized carbons (Fsp3) is 0.850. The molecule has 532 valence electrons. The van der Waals surface area contributed by atoms with Crippen LogP contribution < -0.4 is 5.32 Å². The maximum atomic E-state index is 13.5. The highest BCUT2D eigenvalue weighted by molar-refractivity contribution is 5.80. The van der Waals surface area contributed by atoms with Crippen LogP contribution >= 0.6 is 0 Å². The van der Waals surface area contributed by atoms with E-state index in [9.17, 15) is 35.1 Å². The Hall–Kier alpha value is -2.64. The Balaban J connectivity index is 2.47. The van der Waals surface area contributed by atoms with Crippen molar-refractivity contribution >= 4 is 11.9 Å². The number of amides is 1. The van der Waals surface area contributed by atoms with Crippen LogP contribution in [0.15, 0.2) is 60.8 Å². The van der Waals surface area contributed by atoms with E-state index in [2.05, 4.69) is 74.7 Å². The summed E-state index contributed by atoms with van der Waals surface area (Å²) < 4.78 is 17.7. The summed E-state index contributed by atoms with van der Waals surface area (Å²) in [6.07, 6.45) is 77.1. The summed E-state index contributed by atoms with van der Waals surface area (Å²) in [6.45, 7) is 5.79. The Kier molecular flexibility index (Phi) is 63.9. The molecule has 1 rings (SSSR count). The van der Waals surface area contributed by atoms with Gasteiger partial charge in [-0.3, -0.25) is 9.59 Å². The van der Waals surface area contributed by atoms with Gasteiger partial charge in [-0.05, 0) is 89.9 Å². The van der Waals surface area contributed by atoms with Crippen molar-refractivity contribution in [1.82, 2.24) is 5.32 Å². The number of carbonyl (C=O) groups excluding carboxylic acids is 2. The minimum Gasteiger partial charge on any atom is -0.454 e. The van der Waals surface area contributed by atoms with Crippen LogP contribution in [0.4, 0.5) is 0 Å². The average Bonchev–Trinajstić information content (AvgIpc) is 1.02. The quantitative estimate of drug-likeness (QED) is 0.0195. The van der Waals surface area contributed by atoms with E-state index in [-0.39, 0.29) is 13.0 Å². The molecule has 1 fully saturated rings. The van der Waals surface area contributed by atoms with Gasteiger partial charge in [0.25, 0.3) is 0 Å². The first-order valence-corrected chi connectivity index (χ1v) is 39.1. The van der Waals surface area contributed by atoms with Gasteiger partial charge in [-0.2, -0.15) is 0 Å². The molecular formula is C80H147NO10. The molecule has 11 heteroatoms. The van der Waals surface area contributed by atoms with Crippen molar-refractivity contribution in [2.75, 3.05) is 13.2 Å². The van der Waals surface area contributed by atoms with Crippen molar-refractivity contribution in [2.24, 2.45) is 0 Å². The number of allylic oxidation sites excluding steroid dienone is 9. The highest BCUT2D eigenvalue weighted by Gasteiger charge is 2.47. The van der Waals surface area contributed by atoms with Crippen LogP contribution in [0.5, 0.6) is 0 Å². The molecule has 8 atom stereocenters. The maximum absolute atomic E-state index is 13.5. The van der Waals surface area contributed by atoms with Gasteiger partial charge in [-0.25, -0.2) is 0 Å². The SMILES string of the molecule is CCCCC/C=C\C/C=C\CCCCCCCCCCCCCCCCCCC(O)C(=O)NC(COC1OC(CO)C(O)C(O)C1OC(=O)CCCCCCCCCCCCCCCCC/C=C\C/C=C\CCCCC)C(O)/C=C/CCCCCCCCCCC. The summed E-state index contributed by atoms with van der Waals surface area (Å²) in [7, 11) is 0. The molecular weight excluding hydrogens is 1130 g/mol. The number of aliphatic hydroxyl groups is 5. The van der Waals surface area contributed by atoms with Crippen molar-refractivity contribution < 1.29 is 49.3 Å². The molecule has 0 aliphatic carbocycles. The van der Waals surface area contributed by atoms with Gasteiger partial charge in [-0.15, -0.1) is 0 Å². The van der Waals surface area contributed by atoms with Crippen LogP contribution in [0.2, 0.25) is 0 Å². The monoisotopic (exact) mass is 1280 g/mol.